The summed E-state index contributed by atoms with van der Waals surface area (Å²) < 4.78 is 28.7. The Labute approximate surface area is 165 Å². The maximum atomic E-state index is 6.50. The molecule has 0 amide bonds. The summed E-state index contributed by atoms with van der Waals surface area (Å²) in [4.78, 5) is 0. The molecule has 0 aromatic rings. The fourth-order valence-corrected chi connectivity index (χ4v) is 4.19. The Kier molecular flexibility index (Phi) is 11.3. The highest BCUT2D eigenvalue weighted by atomic mass is 32.2. The molecule has 1 saturated carbocycles. The molecule has 0 bridgehead atoms. The first kappa shape index (κ1) is 24.4. The van der Waals surface area contributed by atoms with Gasteiger partial charge >= 0.3 is 0 Å². The van der Waals surface area contributed by atoms with Crippen LogP contribution in [0.1, 0.15) is 33.6 Å². The summed E-state index contributed by atoms with van der Waals surface area (Å²) in [5.74, 6) is 1.74. The van der Waals surface area contributed by atoms with Crippen LogP contribution in [0, 0.1) is 11.8 Å². The zero-order chi connectivity index (χ0) is 19.6. The molecule has 3 atom stereocenters. The van der Waals surface area contributed by atoms with Crippen molar-refractivity contribution in [2.75, 3.05) is 52.5 Å². The van der Waals surface area contributed by atoms with E-state index in [2.05, 4.69) is 40.1 Å². The van der Waals surface area contributed by atoms with E-state index >= 15 is 0 Å². The lowest BCUT2D eigenvalue weighted by Crippen LogP contribution is -2.42. The average molecular weight is 409 g/mol. The molecule has 0 unspecified atom stereocenters. The molecular formula is C19H40O5SSi. The minimum atomic E-state index is -1.73. The lowest BCUT2D eigenvalue weighted by molar-refractivity contribution is -0.0971. The number of rotatable bonds is 13. The van der Waals surface area contributed by atoms with E-state index in [4.69, 9.17) is 23.4 Å². The predicted octanol–water partition coefficient (Wildman–Crippen LogP) is 4.38. The molecule has 1 aliphatic carbocycles. The number of methoxy groups -OCH3 is 1. The van der Waals surface area contributed by atoms with Crippen molar-refractivity contribution in [3.05, 3.63) is 0 Å². The molecule has 0 radical (unpaired) electrons. The summed E-state index contributed by atoms with van der Waals surface area (Å²) in [6, 6.07) is 0. The van der Waals surface area contributed by atoms with E-state index in [0.717, 1.165) is 32.0 Å². The molecule has 0 saturated heterocycles. The van der Waals surface area contributed by atoms with Crippen LogP contribution in [-0.4, -0.2) is 66.9 Å². The molecule has 0 spiro atoms. The van der Waals surface area contributed by atoms with Gasteiger partial charge in [0, 0.05) is 13.7 Å². The molecule has 0 N–H and O–H groups in total. The largest absolute Gasteiger partial charge is 0.417 e. The van der Waals surface area contributed by atoms with Crippen LogP contribution in [0.2, 0.25) is 18.1 Å². The quantitative estimate of drug-likeness (QED) is 0.256. The van der Waals surface area contributed by atoms with Gasteiger partial charge in [-0.05, 0) is 49.1 Å². The molecule has 7 heteroatoms. The van der Waals surface area contributed by atoms with Crippen LogP contribution < -0.4 is 0 Å². The van der Waals surface area contributed by atoms with Crippen molar-refractivity contribution in [3.63, 3.8) is 0 Å². The zero-order valence-corrected chi connectivity index (χ0v) is 19.7. The third-order valence-corrected chi connectivity index (χ3v) is 10.5. The van der Waals surface area contributed by atoms with Gasteiger partial charge in [0.25, 0.3) is 0 Å². The van der Waals surface area contributed by atoms with Crippen LogP contribution in [-0.2, 0) is 23.4 Å². The normalized spacial score (nSPS) is 24.3. The van der Waals surface area contributed by atoms with Crippen molar-refractivity contribution in [2.45, 2.75) is 57.8 Å². The van der Waals surface area contributed by atoms with Crippen LogP contribution in [0.5, 0.6) is 0 Å². The highest BCUT2D eigenvalue weighted by Crippen LogP contribution is 2.39. The Balaban J connectivity index is 2.49. The summed E-state index contributed by atoms with van der Waals surface area (Å²) in [5, 5.41) is 0.238. The average Bonchev–Trinajstić information content (AvgIpc) is 2.94. The van der Waals surface area contributed by atoms with Gasteiger partial charge in [-0.15, -0.1) is 11.8 Å². The second-order valence-electron chi connectivity index (χ2n) is 8.65. The van der Waals surface area contributed by atoms with Crippen LogP contribution in [0.4, 0.5) is 0 Å². The molecule has 0 aromatic heterocycles. The summed E-state index contributed by atoms with van der Waals surface area (Å²) >= 11 is 1.72. The standard InChI is InChI=1S/C19H40O5SSi/c1-19(2,3)26(6,7)24-13-17-11-18(23-14-21-9-8-20-4)10-16(17)12-22-15-25-5/h16-18H,8-15H2,1-7H3/t16-,17+,18+/m0/s1. The van der Waals surface area contributed by atoms with Gasteiger partial charge in [0.2, 0.25) is 0 Å². The Morgan fingerprint density at radius 2 is 1.65 bits per heavy atom. The lowest BCUT2D eigenvalue weighted by atomic mass is 9.98. The highest BCUT2D eigenvalue weighted by Gasteiger charge is 2.40. The Morgan fingerprint density at radius 3 is 2.23 bits per heavy atom. The topological polar surface area (TPSA) is 46.2 Å². The van der Waals surface area contributed by atoms with E-state index in [-0.39, 0.29) is 11.1 Å². The first-order chi connectivity index (χ1) is 12.2. The number of hydrogen-bond donors (Lipinski definition) is 0. The number of hydrogen-bond acceptors (Lipinski definition) is 6. The molecule has 0 aliphatic heterocycles. The summed E-state index contributed by atoms with van der Waals surface area (Å²) in [6.07, 6.45) is 4.34. The molecule has 0 aromatic carbocycles. The minimum Gasteiger partial charge on any atom is -0.417 e. The number of thioether (sulfide) groups is 1. The Bertz CT molecular complexity index is 375. The van der Waals surface area contributed by atoms with Crippen LogP contribution in [0.25, 0.3) is 0 Å². The van der Waals surface area contributed by atoms with Crippen molar-refractivity contribution < 1.29 is 23.4 Å². The molecule has 1 fully saturated rings. The predicted molar refractivity (Wildman–Crippen MR) is 111 cm³/mol. The summed E-state index contributed by atoms with van der Waals surface area (Å²) in [7, 11) is -0.0529. The van der Waals surface area contributed by atoms with Crippen molar-refractivity contribution >= 4 is 20.1 Å². The van der Waals surface area contributed by atoms with Gasteiger partial charge in [0.05, 0.1) is 31.9 Å². The molecule has 156 valence electrons. The second-order valence-corrected chi connectivity index (χ2v) is 14.3. The van der Waals surface area contributed by atoms with Gasteiger partial charge < -0.3 is 23.4 Å². The maximum absolute atomic E-state index is 6.50. The Morgan fingerprint density at radius 1 is 1.00 bits per heavy atom. The van der Waals surface area contributed by atoms with Crippen molar-refractivity contribution in [2.24, 2.45) is 11.8 Å². The highest BCUT2D eigenvalue weighted by molar-refractivity contribution is 7.98. The monoisotopic (exact) mass is 408 g/mol. The van der Waals surface area contributed by atoms with E-state index in [9.17, 15) is 0 Å². The smallest absolute Gasteiger partial charge is 0.191 e. The third-order valence-electron chi connectivity index (χ3n) is 5.61. The van der Waals surface area contributed by atoms with Crippen molar-refractivity contribution in [1.82, 2.24) is 0 Å². The van der Waals surface area contributed by atoms with Crippen LogP contribution >= 0.6 is 11.8 Å². The van der Waals surface area contributed by atoms with E-state index in [1.807, 2.05) is 0 Å². The lowest BCUT2D eigenvalue weighted by Gasteiger charge is -2.37. The van der Waals surface area contributed by atoms with Crippen LogP contribution in [0.3, 0.4) is 0 Å². The van der Waals surface area contributed by atoms with E-state index in [1.54, 1.807) is 18.9 Å². The molecule has 1 aliphatic rings. The zero-order valence-electron chi connectivity index (χ0n) is 17.8. The molecule has 26 heavy (non-hydrogen) atoms. The van der Waals surface area contributed by atoms with Crippen molar-refractivity contribution in [3.8, 4) is 0 Å². The van der Waals surface area contributed by atoms with Crippen LogP contribution in [0.15, 0.2) is 0 Å². The van der Waals surface area contributed by atoms with E-state index in [1.165, 1.54) is 0 Å². The van der Waals surface area contributed by atoms with Gasteiger partial charge in [0.15, 0.2) is 8.32 Å². The molecular weight excluding hydrogens is 368 g/mol. The second kappa shape index (κ2) is 12.0. The van der Waals surface area contributed by atoms with Gasteiger partial charge in [0.1, 0.15) is 6.79 Å². The Hall–Kier alpha value is 0.367. The first-order valence-electron chi connectivity index (χ1n) is 9.60. The van der Waals surface area contributed by atoms with E-state index in [0.29, 0.717) is 31.8 Å². The summed E-state index contributed by atoms with van der Waals surface area (Å²) in [5.41, 5.74) is 0. The van der Waals surface area contributed by atoms with Gasteiger partial charge in [-0.2, -0.15) is 0 Å². The van der Waals surface area contributed by atoms with E-state index < -0.39 is 8.32 Å². The van der Waals surface area contributed by atoms with Gasteiger partial charge in [-0.3, -0.25) is 0 Å². The third kappa shape index (κ3) is 8.58. The minimum absolute atomic E-state index is 0.230. The summed E-state index contributed by atoms with van der Waals surface area (Å²) in [6.45, 7) is 14.6. The number of ether oxygens (including phenoxy) is 4. The first-order valence-corrected chi connectivity index (χ1v) is 13.9. The molecule has 1 rings (SSSR count). The fourth-order valence-electron chi connectivity index (χ4n) is 2.86. The van der Waals surface area contributed by atoms with Gasteiger partial charge in [-0.25, -0.2) is 0 Å². The molecule has 5 nitrogen and oxygen atoms in total. The maximum Gasteiger partial charge on any atom is 0.191 e. The fraction of sp³-hybridized carbons (Fsp3) is 1.00. The SMILES string of the molecule is COCCOCO[C@@H]1C[C@@H](COCSC)[C@@H](CO[Si](C)(C)C(C)(C)C)C1. The van der Waals surface area contributed by atoms with Crippen molar-refractivity contribution in [1.29, 1.82) is 0 Å². The molecule has 0 heterocycles. The van der Waals surface area contributed by atoms with Gasteiger partial charge in [-0.1, -0.05) is 20.8 Å².